The van der Waals surface area contributed by atoms with Gasteiger partial charge in [-0.1, -0.05) is 13.0 Å². The zero-order chi connectivity index (χ0) is 11.2. The van der Waals surface area contributed by atoms with Crippen molar-refractivity contribution in [3.63, 3.8) is 0 Å². The van der Waals surface area contributed by atoms with Crippen molar-refractivity contribution < 1.29 is 4.74 Å². The first-order valence-electron chi connectivity index (χ1n) is 5.87. The second-order valence-electron chi connectivity index (χ2n) is 5.36. The van der Waals surface area contributed by atoms with Gasteiger partial charge in [-0.15, -0.1) is 0 Å². The Morgan fingerprint density at radius 2 is 2.25 bits per heavy atom. The molecule has 0 amide bonds. The molecule has 0 aliphatic carbocycles. The van der Waals surface area contributed by atoms with E-state index in [9.17, 15) is 0 Å². The van der Waals surface area contributed by atoms with Gasteiger partial charge < -0.3 is 15.4 Å². The third kappa shape index (κ3) is 1.55. The van der Waals surface area contributed by atoms with E-state index in [1.165, 1.54) is 11.3 Å². The van der Waals surface area contributed by atoms with E-state index in [1.54, 1.807) is 0 Å². The van der Waals surface area contributed by atoms with Gasteiger partial charge >= 0.3 is 0 Å². The van der Waals surface area contributed by atoms with Crippen molar-refractivity contribution in [3.05, 3.63) is 23.8 Å². The Balaban J connectivity index is 1.82. The maximum atomic E-state index is 5.85. The Morgan fingerprint density at radius 1 is 1.44 bits per heavy atom. The number of hydrogen-bond donors (Lipinski definition) is 1. The van der Waals surface area contributed by atoms with Gasteiger partial charge in [0.2, 0.25) is 0 Å². The smallest absolute Gasteiger partial charge is 0.0559 e. The van der Waals surface area contributed by atoms with Gasteiger partial charge in [-0.2, -0.15) is 0 Å². The lowest BCUT2D eigenvalue weighted by Gasteiger charge is -2.41. The minimum atomic E-state index is 0.339. The van der Waals surface area contributed by atoms with Crippen LogP contribution in [-0.2, 0) is 11.2 Å². The average molecular weight is 218 g/mol. The highest BCUT2D eigenvalue weighted by molar-refractivity contribution is 5.64. The number of rotatable bonds is 2. The molecule has 0 aromatic heterocycles. The van der Waals surface area contributed by atoms with Crippen LogP contribution in [-0.4, -0.2) is 26.3 Å². The Hall–Kier alpha value is -1.22. The molecular formula is C13H18N2O. The van der Waals surface area contributed by atoms with Gasteiger partial charge in [0.15, 0.2) is 0 Å². The second-order valence-corrected chi connectivity index (χ2v) is 5.36. The van der Waals surface area contributed by atoms with Crippen LogP contribution in [0, 0.1) is 5.41 Å². The van der Waals surface area contributed by atoms with Gasteiger partial charge in [-0.3, -0.25) is 0 Å². The van der Waals surface area contributed by atoms with Gasteiger partial charge in [-0.05, 0) is 24.1 Å². The second kappa shape index (κ2) is 3.39. The molecule has 1 saturated heterocycles. The lowest BCUT2D eigenvalue weighted by Crippen LogP contribution is -2.48. The number of anilines is 2. The van der Waals surface area contributed by atoms with Gasteiger partial charge in [0.05, 0.1) is 13.2 Å². The van der Waals surface area contributed by atoms with Crippen molar-refractivity contribution in [1.82, 2.24) is 0 Å². The molecular weight excluding hydrogens is 200 g/mol. The van der Waals surface area contributed by atoms with Crippen molar-refractivity contribution in [2.75, 3.05) is 36.9 Å². The lowest BCUT2D eigenvalue weighted by atomic mass is 9.88. The molecule has 0 bridgehead atoms. The van der Waals surface area contributed by atoms with Crippen LogP contribution in [0.1, 0.15) is 12.5 Å². The minimum absolute atomic E-state index is 0.339. The average Bonchev–Trinajstić information content (AvgIpc) is 2.59. The predicted octanol–water partition coefficient (Wildman–Crippen LogP) is 1.67. The van der Waals surface area contributed by atoms with E-state index in [2.05, 4.69) is 24.0 Å². The van der Waals surface area contributed by atoms with Crippen molar-refractivity contribution in [2.24, 2.45) is 5.41 Å². The van der Waals surface area contributed by atoms with Gasteiger partial charge in [-0.25, -0.2) is 0 Å². The van der Waals surface area contributed by atoms with Gasteiger partial charge in [0, 0.05) is 29.9 Å². The third-order valence-electron chi connectivity index (χ3n) is 3.57. The molecule has 0 spiro atoms. The topological polar surface area (TPSA) is 38.5 Å². The summed E-state index contributed by atoms with van der Waals surface area (Å²) in [7, 11) is 0. The van der Waals surface area contributed by atoms with Crippen molar-refractivity contribution in [1.29, 1.82) is 0 Å². The summed E-state index contributed by atoms with van der Waals surface area (Å²) < 4.78 is 5.31. The molecule has 2 aliphatic heterocycles. The van der Waals surface area contributed by atoms with Crippen LogP contribution in [0.4, 0.5) is 11.4 Å². The maximum absolute atomic E-state index is 5.85. The summed E-state index contributed by atoms with van der Waals surface area (Å²) in [6.45, 7) is 6.28. The summed E-state index contributed by atoms with van der Waals surface area (Å²) >= 11 is 0. The number of benzene rings is 1. The first-order valence-corrected chi connectivity index (χ1v) is 5.87. The van der Waals surface area contributed by atoms with Crippen LogP contribution < -0.4 is 10.6 Å². The van der Waals surface area contributed by atoms with Crippen LogP contribution in [0.5, 0.6) is 0 Å². The highest BCUT2D eigenvalue weighted by atomic mass is 16.5. The number of nitrogen functional groups attached to an aromatic ring is 1. The molecule has 0 radical (unpaired) electrons. The molecule has 3 heteroatoms. The Morgan fingerprint density at radius 3 is 2.94 bits per heavy atom. The van der Waals surface area contributed by atoms with Crippen LogP contribution in [0.3, 0.4) is 0 Å². The number of hydrogen-bond acceptors (Lipinski definition) is 3. The van der Waals surface area contributed by atoms with E-state index in [-0.39, 0.29) is 0 Å². The van der Waals surface area contributed by atoms with E-state index in [1.807, 2.05) is 6.07 Å². The first-order chi connectivity index (χ1) is 7.66. The highest BCUT2D eigenvalue weighted by Gasteiger charge is 2.36. The molecule has 2 N–H and O–H groups in total. The zero-order valence-electron chi connectivity index (χ0n) is 9.70. The molecule has 1 aromatic carbocycles. The number of nitrogens with two attached hydrogens (primary N) is 1. The fourth-order valence-electron chi connectivity index (χ4n) is 2.63. The highest BCUT2D eigenvalue weighted by Crippen LogP contribution is 2.35. The molecule has 1 fully saturated rings. The monoisotopic (exact) mass is 218 g/mol. The molecule has 2 heterocycles. The number of nitrogens with zero attached hydrogens (tertiary/aromatic N) is 1. The molecule has 0 unspecified atom stereocenters. The van der Waals surface area contributed by atoms with E-state index in [4.69, 9.17) is 10.5 Å². The summed E-state index contributed by atoms with van der Waals surface area (Å²) in [4.78, 5) is 2.45. The number of fused-ring (bicyclic) bond motifs is 1. The molecule has 16 heavy (non-hydrogen) atoms. The van der Waals surface area contributed by atoms with Crippen LogP contribution in [0.15, 0.2) is 18.2 Å². The van der Waals surface area contributed by atoms with Gasteiger partial charge in [0.25, 0.3) is 0 Å². The zero-order valence-corrected chi connectivity index (χ0v) is 9.70. The maximum Gasteiger partial charge on any atom is 0.0559 e. The number of ether oxygens (including phenoxy) is 1. The fraction of sp³-hybridized carbons (Fsp3) is 0.538. The summed E-state index contributed by atoms with van der Waals surface area (Å²) in [5.41, 5.74) is 9.81. The normalized spacial score (nSPS) is 21.7. The summed E-state index contributed by atoms with van der Waals surface area (Å²) in [6, 6.07) is 6.26. The summed E-state index contributed by atoms with van der Waals surface area (Å²) in [5.74, 6) is 0. The lowest BCUT2D eigenvalue weighted by molar-refractivity contribution is -0.0954. The van der Waals surface area contributed by atoms with E-state index >= 15 is 0 Å². The molecule has 0 atom stereocenters. The molecule has 86 valence electrons. The molecule has 1 aromatic rings. The van der Waals surface area contributed by atoms with Crippen molar-refractivity contribution >= 4 is 11.4 Å². The van der Waals surface area contributed by atoms with E-state index in [0.717, 1.165) is 38.4 Å². The Kier molecular flexibility index (Phi) is 2.11. The summed E-state index contributed by atoms with van der Waals surface area (Å²) in [5, 5.41) is 0. The quantitative estimate of drug-likeness (QED) is 0.767. The SMILES string of the molecule is CC1(CN2CCc3ccc(N)cc32)COC1. The molecule has 3 nitrogen and oxygen atoms in total. The Bertz CT molecular complexity index is 412. The minimum Gasteiger partial charge on any atom is -0.399 e. The molecule has 3 rings (SSSR count). The Labute approximate surface area is 96.2 Å². The molecule has 0 saturated carbocycles. The first kappa shape index (κ1) is 9.97. The van der Waals surface area contributed by atoms with Gasteiger partial charge in [0.1, 0.15) is 0 Å². The van der Waals surface area contributed by atoms with Crippen LogP contribution in [0.25, 0.3) is 0 Å². The largest absolute Gasteiger partial charge is 0.399 e. The summed E-state index contributed by atoms with van der Waals surface area (Å²) in [6.07, 6.45) is 1.15. The van der Waals surface area contributed by atoms with Crippen LogP contribution in [0.2, 0.25) is 0 Å². The van der Waals surface area contributed by atoms with E-state index in [0.29, 0.717) is 5.41 Å². The van der Waals surface area contributed by atoms with Crippen LogP contribution >= 0.6 is 0 Å². The van der Waals surface area contributed by atoms with E-state index < -0.39 is 0 Å². The van der Waals surface area contributed by atoms with Crippen molar-refractivity contribution in [2.45, 2.75) is 13.3 Å². The molecule has 2 aliphatic rings. The third-order valence-corrected chi connectivity index (χ3v) is 3.57. The fourth-order valence-corrected chi connectivity index (χ4v) is 2.63. The van der Waals surface area contributed by atoms with Crippen molar-refractivity contribution in [3.8, 4) is 0 Å². The standard InChI is InChI=1S/C13H18N2O/c1-13(8-16-9-13)7-15-5-4-10-2-3-11(14)6-12(10)15/h2-3,6H,4-5,7-9,14H2,1H3. The predicted molar refractivity (Wildman–Crippen MR) is 65.7 cm³/mol.